The quantitative estimate of drug-likeness (QED) is 0.894. The number of thiophene rings is 1. The molecule has 1 aliphatic heterocycles. The van der Waals surface area contributed by atoms with Gasteiger partial charge in [-0.1, -0.05) is 25.7 Å². The minimum absolute atomic E-state index is 0.189. The number of likely N-dealkylation sites (tertiary alicyclic amines) is 1. The van der Waals surface area contributed by atoms with Crippen LogP contribution >= 0.6 is 11.3 Å². The summed E-state index contributed by atoms with van der Waals surface area (Å²) in [5, 5.41) is 2.06. The second-order valence-corrected chi connectivity index (χ2v) is 7.17. The monoisotopic (exact) mass is 288 g/mol. The molecule has 1 unspecified atom stereocenters. The van der Waals surface area contributed by atoms with Crippen LogP contribution in [0.1, 0.15) is 42.6 Å². The van der Waals surface area contributed by atoms with Crippen molar-refractivity contribution in [1.82, 2.24) is 9.88 Å². The van der Waals surface area contributed by atoms with Crippen molar-refractivity contribution in [3.8, 4) is 0 Å². The molecule has 4 rings (SSSR count). The van der Waals surface area contributed by atoms with E-state index in [4.69, 9.17) is 0 Å². The Labute approximate surface area is 123 Å². The third-order valence-corrected chi connectivity index (χ3v) is 5.91. The zero-order chi connectivity index (χ0) is 13.5. The van der Waals surface area contributed by atoms with E-state index in [0.717, 1.165) is 36.1 Å². The molecule has 2 aromatic rings. The lowest BCUT2D eigenvalue weighted by Crippen LogP contribution is -2.29. The number of amides is 1. The molecule has 20 heavy (non-hydrogen) atoms. The number of nitrogens with zero attached hydrogens (tertiary/aromatic N) is 1. The smallest absolute Gasteiger partial charge is 0.270 e. The molecule has 1 N–H and O–H groups in total. The average molecular weight is 288 g/mol. The molecule has 4 heteroatoms. The van der Waals surface area contributed by atoms with Crippen molar-refractivity contribution < 1.29 is 4.79 Å². The van der Waals surface area contributed by atoms with Crippen LogP contribution in [-0.4, -0.2) is 28.9 Å². The van der Waals surface area contributed by atoms with Crippen molar-refractivity contribution in [2.24, 2.45) is 11.8 Å². The number of rotatable bonds is 2. The Balaban J connectivity index is 1.47. The Bertz CT molecular complexity index is 595. The van der Waals surface area contributed by atoms with E-state index in [1.54, 1.807) is 11.3 Å². The highest BCUT2D eigenvalue weighted by Crippen LogP contribution is 2.36. The average Bonchev–Trinajstić information content (AvgIpc) is 3.19. The Morgan fingerprint density at radius 1 is 1.25 bits per heavy atom. The second-order valence-electron chi connectivity index (χ2n) is 6.23. The number of hydrogen-bond acceptors (Lipinski definition) is 2. The molecule has 106 valence electrons. The first-order valence-electron chi connectivity index (χ1n) is 7.67. The summed E-state index contributed by atoms with van der Waals surface area (Å²) < 4.78 is 1.18. The fraction of sp³-hybridized carbons (Fsp3) is 0.562. The van der Waals surface area contributed by atoms with E-state index in [-0.39, 0.29) is 5.91 Å². The van der Waals surface area contributed by atoms with Gasteiger partial charge < -0.3 is 9.88 Å². The first-order chi connectivity index (χ1) is 9.81. The van der Waals surface area contributed by atoms with E-state index in [1.165, 1.54) is 36.8 Å². The first-order valence-corrected chi connectivity index (χ1v) is 8.55. The zero-order valence-electron chi connectivity index (χ0n) is 11.6. The van der Waals surface area contributed by atoms with Gasteiger partial charge in [0.05, 0.1) is 10.2 Å². The van der Waals surface area contributed by atoms with Gasteiger partial charge in [0.15, 0.2) is 0 Å². The van der Waals surface area contributed by atoms with E-state index in [1.807, 2.05) is 12.1 Å². The molecule has 0 radical (unpaired) electrons. The molecule has 0 aromatic carbocycles. The van der Waals surface area contributed by atoms with Crippen LogP contribution in [0.5, 0.6) is 0 Å². The van der Waals surface area contributed by atoms with Crippen molar-refractivity contribution >= 4 is 27.5 Å². The number of aromatic amines is 1. The molecule has 1 aliphatic carbocycles. The van der Waals surface area contributed by atoms with Crippen LogP contribution in [0, 0.1) is 11.8 Å². The second kappa shape index (κ2) is 4.92. The third kappa shape index (κ3) is 2.06. The van der Waals surface area contributed by atoms with Gasteiger partial charge in [-0.05, 0) is 35.8 Å². The van der Waals surface area contributed by atoms with Gasteiger partial charge in [0.2, 0.25) is 0 Å². The number of nitrogens with one attached hydrogen (secondary N) is 1. The van der Waals surface area contributed by atoms with E-state index in [0.29, 0.717) is 0 Å². The highest BCUT2D eigenvalue weighted by atomic mass is 32.1. The van der Waals surface area contributed by atoms with E-state index >= 15 is 0 Å². The van der Waals surface area contributed by atoms with E-state index < -0.39 is 0 Å². The van der Waals surface area contributed by atoms with Crippen LogP contribution in [0.4, 0.5) is 0 Å². The van der Waals surface area contributed by atoms with Crippen LogP contribution in [0.15, 0.2) is 17.5 Å². The summed E-state index contributed by atoms with van der Waals surface area (Å²) in [6, 6.07) is 4.05. The maximum atomic E-state index is 12.6. The molecular weight excluding hydrogens is 268 g/mol. The van der Waals surface area contributed by atoms with E-state index in [9.17, 15) is 4.79 Å². The summed E-state index contributed by atoms with van der Waals surface area (Å²) in [4.78, 5) is 17.9. The number of aromatic nitrogens is 1. The Morgan fingerprint density at radius 2 is 2.10 bits per heavy atom. The predicted octanol–water partition coefficient (Wildman–Crippen LogP) is 3.88. The highest BCUT2D eigenvalue weighted by molar-refractivity contribution is 7.17. The molecule has 3 nitrogen and oxygen atoms in total. The minimum Gasteiger partial charge on any atom is -0.350 e. The number of fused-ring (bicyclic) bond motifs is 1. The van der Waals surface area contributed by atoms with Gasteiger partial charge in [-0.15, -0.1) is 11.3 Å². The molecule has 1 saturated carbocycles. The van der Waals surface area contributed by atoms with Crippen molar-refractivity contribution in [1.29, 1.82) is 0 Å². The maximum Gasteiger partial charge on any atom is 0.270 e. The van der Waals surface area contributed by atoms with Crippen LogP contribution in [-0.2, 0) is 0 Å². The zero-order valence-corrected chi connectivity index (χ0v) is 12.4. The largest absolute Gasteiger partial charge is 0.350 e. The van der Waals surface area contributed by atoms with Crippen LogP contribution in [0.3, 0.4) is 0 Å². The summed E-state index contributed by atoms with van der Waals surface area (Å²) >= 11 is 1.69. The lowest BCUT2D eigenvalue weighted by Gasteiger charge is -2.19. The molecule has 3 heterocycles. The molecule has 1 atom stereocenters. The van der Waals surface area contributed by atoms with Gasteiger partial charge in [-0.2, -0.15) is 0 Å². The van der Waals surface area contributed by atoms with Crippen LogP contribution in [0.2, 0.25) is 0 Å². The Kier molecular flexibility index (Phi) is 3.06. The molecular formula is C16H20N2OS. The first kappa shape index (κ1) is 12.5. The number of hydrogen-bond donors (Lipinski definition) is 1. The lowest BCUT2D eigenvalue weighted by molar-refractivity contribution is 0.0778. The van der Waals surface area contributed by atoms with Crippen molar-refractivity contribution in [2.75, 3.05) is 13.1 Å². The fourth-order valence-corrected chi connectivity index (χ4v) is 4.70. The number of H-pyrrole nitrogens is 1. The summed E-state index contributed by atoms with van der Waals surface area (Å²) in [5.74, 6) is 1.81. The molecule has 0 spiro atoms. The summed E-state index contributed by atoms with van der Waals surface area (Å²) in [6.07, 6.45) is 6.74. The lowest BCUT2D eigenvalue weighted by atomic mass is 9.90. The third-order valence-electron chi connectivity index (χ3n) is 5.05. The molecule has 0 bridgehead atoms. The van der Waals surface area contributed by atoms with Crippen LogP contribution < -0.4 is 0 Å². The maximum absolute atomic E-state index is 12.6. The van der Waals surface area contributed by atoms with Crippen molar-refractivity contribution in [3.05, 3.63) is 23.2 Å². The van der Waals surface area contributed by atoms with Gasteiger partial charge in [0.25, 0.3) is 5.91 Å². The summed E-state index contributed by atoms with van der Waals surface area (Å²) in [6.45, 7) is 1.91. The predicted molar refractivity (Wildman–Crippen MR) is 82.1 cm³/mol. The Hall–Kier alpha value is -1.29. The van der Waals surface area contributed by atoms with Crippen molar-refractivity contribution in [2.45, 2.75) is 32.1 Å². The van der Waals surface area contributed by atoms with Gasteiger partial charge in [-0.3, -0.25) is 4.79 Å². The van der Waals surface area contributed by atoms with Gasteiger partial charge in [0.1, 0.15) is 5.69 Å². The molecule has 1 saturated heterocycles. The number of carbonyl (C=O) groups excluding carboxylic acids is 1. The standard InChI is InChI=1S/C16H20N2OS/c19-16(14-9-15-13(17-14)6-8-20-15)18-7-5-12(10-18)11-3-1-2-4-11/h6,8-9,11-12,17H,1-5,7,10H2. The van der Waals surface area contributed by atoms with Crippen molar-refractivity contribution in [3.63, 3.8) is 0 Å². The molecule has 1 amide bonds. The van der Waals surface area contributed by atoms with Gasteiger partial charge >= 0.3 is 0 Å². The molecule has 2 aliphatic rings. The molecule has 2 aromatic heterocycles. The fourth-order valence-electron chi connectivity index (χ4n) is 3.92. The SMILES string of the molecule is O=C(c1cc2sccc2[nH]1)N1CCC(C2CCCC2)C1. The van der Waals surface area contributed by atoms with E-state index in [2.05, 4.69) is 15.3 Å². The summed E-state index contributed by atoms with van der Waals surface area (Å²) in [7, 11) is 0. The summed E-state index contributed by atoms with van der Waals surface area (Å²) in [5.41, 5.74) is 1.85. The molecule has 2 fully saturated rings. The van der Waals surface area contributed by atoms with Gasteiger partial charge in [-0.25, -0.2) is 0 Å². The number of carbonyl (C=O) groups is 1. The topological polar surface area (TPSA) is 36.1 Å². The van der Waals surface area contributed by atoms with Gasteiger partial charge in [0, 0.05) is 13.1 Å². The van der Waals surface area contributed by atoms with Crippen LogP contribution in [0.25, 0.3) is 10.2 Å². The minimum atomic E-state index is 0.189. The highest BCUT2D eigenvalue weighted by Gasteiger charge is 2.33. The normalized spacial score (nSPS) is 24.0. The Morgan fingerprint density at radius 3 is 2.90 bits per heavy atom.